The Bertz CT molecular complexity index is 732. The number of halogens is 2. The van der Waals surface area contributed by atoms with E-state index in [9.17, 15) is 9.18 Å². The molecule has 0 unspecified atom stereocenters. The zero-order valence-corrected chi connectivity index (χ0v) is 14.7. The highest BCUT2D eigenvalue weighted by atomic mass is 35.5. The standard InChI is InChI=1S/C19H21ClFN3O/c20-16-5-3-6-17(12-16)24-10-8-23(9-11-24)14-19(25)22-13-15-4-1-2-7-18(15)21/h1-7,12H,8-11,13-14H2,(H,22,25). The van der Waals surface area contributed by atoms with Crippen LogP contribution in [0.25, 0.3) is 0 Å². The molecule has 1 heterocycles. The lowest BCUT2D eigenvalue weighted by atomic mass is 10.2. The van der Waals surface area contributed by atoms with Crippen LogP contribution in [0.5, 0.6) is 0 Å². The summed E-state index contributed by atoms with van der Waals surface area (Å²) >= 11 is 6.04. The summed E-state index contributed by atoms with van der Waals surface area (Å²) in [6.07, 6.45) is 0. The molecule has 0 spiro atoms. The molecule has 4 nitrogen and oxygen atoms in total. The van der Waals surface area contributed by atoms with Crippen molar-refractivity contribution in [2.45, 2.75) is 6.54 Å². The Hall–Kier alpha value is -2.11. The fourth-order valence-electron chi connectivity index (χ4n) is 2.93. The summed E-state index contributed by atoms with van der Waals surface area (Å²) in [5, 5.41) is 3.51. The molecule has 0 aromatic heterocycles. The Labute approximate surface area is 152 Å². The minimum Gasteiger partial charge on any atom is -0.369 e. The second kappa shape index (κ2) is 8.32. The van der Waals surface area contributed by atoms with Gasteiger partial charge in [0.1, 0.15) is 5.82 Å². The number of benzene rings is 2. The van der Waals surface area contributed by atoms with Crippen molar-refractivity contribution in [3.8, 4) is 0 Å². The van der Waals surface area contributed by atoms with Gasteiger partial charge >= 0.3 is 0 Å². The van der Waals surface area contributed by atoms with E-state index >= 15 is 0 Å². The van der Waals surface area contributed by atoms with Crippen molar-refractivity contribution in [1.29, 1.82) is 0 Å². The van der Waals surface area contributed by atoms with E-state index in [4.69, 9.17) is 11.6 Å². The number of carbonyl (C=O) groups is 1. The van der Waals surface area contributed by atoms with Gasteiger partial charge in [0.05, 0.1) is 6.54 Å². The molecule has 1 amide bonds. The summed E-state index contributed by atoms with van der Waals surface area (Å²) in [5.74, 6) is -0.377. The predicted octanol–water partition coefficient (Wildman–Crippen LogP) is 2.92. The molecule has 132 valence electrons. The molecule has 1 fully saturated rings. The van der Waals surface area contributed by atoms with Gasteiger partial charge in [-0.2, -0.15) is 0 Å². The number of rotatable bonds is 5. The Balaban J connectivity index is 1.44. The summed E-state index contributed by atoms with van der Waals surface area (Å²) in [6, 6.07) is 14.3. The summed E-state index contributed by atoms with van der Waals surface area (Å²) < 4.78 is 13.6. The lowest BCUT2D eigenvalue weighted by molar-refractivity contribution is -0.122. The number of hydrogen-bond donors (Lipinski definition) is 1. The monoisotopic (exact) mass is 361 g/mol. The van der Waals surface area contributed by atoms with Gasteiger partial charge < -0.3 is 10.2 Å². The van der Waals surface area contributed by atoms with Gasteiger partial charge in [0.25, 0.3) is 0 Å². The van der Waals surface area contributed by atoms with Crippen LogP contribution in [0.1, 0.15) is 5.56 Å². The molecule has 0 bridgehead atoms. The number of amides is 1. The van der Waals surface area contributed by atoms with Crippen LogP contribution in [0.15, 0.2) is 48.5 Å². The minimum atomic E-state index is -0.294. The number of carbonyl (C=O) groups excluding carboxylic acids is 1. The molecular formula is C19H21ClFN3O. The maximum Gasteiger partial charge on any atom is 0.234 e. The second-order valence-electron chi connectivity index (χ2n) is 6.11. The van der Waals surface area contributed by atoms with E-state index in [1.54, 1.807) is 18.2 Å². The summed E-state index contributed by atoms with van der Waals surface area (Å²) in [4.78, 5) is 16.5. The maximum atomic E-state index is 13.6. The van der Waals surface area contributed by atoms with Crippen LogP contribution in [-0.4, -0.2) is 43.5 Å². The molecule has 2 aromatic rings. The Morgan fingerprint density at radius 1 is 1.08 bits per heavy atom. The number of hydrogen-bond acceptors (Lipinski definition) is 3. The van der Waals surface area contributed by atoms with Crippen molar-refractivity contribution in [2.24, 2.45) is 0 Å². The Morgan fingerprint density at radius 2 is 1.84 bits per heavy atom. The van der Waals surface area contributed by atoms with Crippen molar-refractivity contribution in [3.63, 3.8) is 0 Å². The molecule has 1 aliphatic heterocycles. The van der Waals surface area contributed by atoms with Gasteiger partial charge in [0, 0.05) is 49.0 Å². The maximum absolute atomic E-state index is 13.6. The van der Waals surface area contributed by atoms with Gasteiger partial charge in [0.2, 0.25) is 5.91 Å². The highest BCUT2D eigenvalue weighted by Gasteiger charge is 2.19. The average Bonchev–Trinajstić information content (AvgIpc) is 2.62. The van der Waals surface area contributed by atoms with E-state index in [-0.39, 0.29) is 18.3 Å². The fraction of sp³-hybridized carbons (Fsp3) is 0.316. The summed E-state index contributed by atoms with van der Waals surface area (Å²) in [6.45, 7) is 3.85. The SMILES string of the molecule is O=C(CN1CCN(c2cccc(Cl)c2)CC1)NCc1ccccc1F. The number of piperazine rings is 1. The van der Waals surface area contributed by atoms with E-state index < -0.39 is 0 Å². The third-order valence-electron chi connectivity index (χ3n) is 4.35. The molecule has 1 saturated heterocycles. The van der Waals surface area contributed by atoms with Crippen LogP contribution in [0.3, 0.4) is 0 Å². The molecule has 6 heteroatoms. The quantitative estimate of drug-likeness (QED) is 0.889. The number of nitrogens with zero attached hydrogens (tertiary/aromatic N) is 2. The zero-order chi connectivity index (χ0) is 17.6. The molecule has 0 saturated carbocycles. The molecule has 2 aromatic carbocycles. The zero-order valence-electron chi connectivity index (χ0n) is 13.9. The normalized spacial score (nSPS) is 15.2. The first-order valence-corrected chi connectivity index (χ1v) is 8.72. The van der Waals surface area contributed by atoms with Crippen LogP contribution in [0, 0.1) is 5.82 Å². The van der Waals surface area contributed by atoms with Gasteiger partial charge in [-0.05, 0) is 24.3 Å². The molecule has 1 N–H and O–H groups in total. The van der Waals surface area contributed by atoms with Crippen LogP contribution < -0.4 is 10.2 Å². The third kappa shape index (κ3) is 4.94. The van der Waals surface area contributed by atoms with E-state index in [0.717, 1.165) is 36.9 Å². The highest BCUT2D eigenvalue weighted by Crippen LogP contribution is 2.20. The first-order valence-electron chi connectivity index (χ1n) is 8.35. The molecule has 0 aliphatic carbocycles. The minimum absolute atomic E-state index is 0.0838. The molecule has 0 atom stereocenters. The van der Waals surface area contributed by atoms with Gasteiger partial charge in [-0.3, -0.25) is 9.69 Å². The summed E-state index contributed by atoms with van der Waals surface area (Å²) in [5.41, 5.74) is 1.61. The van der Waals surface area contributed by atoms with Gasteiger partial charge in [-0.15, -0.1) is 0 Å². The van der Waals surface area contributed by atoms with Crippen LogP contribution in [0.4, 0.5) is 10.1 Å². The van der Waals surface area contributed by atoms with E-state index in [0.29, 0.717) is 12.1 Å². The smallest absolute Gasteiger partial charge is 0.234 e. The topological polar surface area (TPSA) is 35.6 Å². The van der Waals surface area contributed by atoms with Gasteiger partial charge in [-0.25, -0.2) is 4.39 Å². The Morgan fingerprint density at radius 3 is 2.56 bits per heavy atom. The van der Waals surface area contributed by atoms with Crippen molar-refractivity contribution in [1.82, 2.24) is 10.2 Å². The number of anilines is 1. The lowest BCUT2D eigenvalue weighted by Gasteiger charge is -2.35. The van der Waals surface area contributed by atoms with E-state index in [2.05, 4.69) is 15.1 Å². The van der Waals surface area contributed by atoms with Crippen molar-refractivity contribution in [2.75, 3.05) is 37.6 Å². The van der Waals surface area contributed by atoms with Crippen molar-refractivity contribution >= 4 is 23.2 Å². The third-order valence-corrected chi connectivity index (χ3v) is 4.58. The van der Waals surface area contributed by atoms with E-state index in [1.165, 1.54) is 6.07 Å². The predicted molar refractivity (Wildman–Crippen MR) is 98.4 cm³/mol. The molecule has 3 rings (SSSR count). The van der Waals surface area contributed by atoms with Crippen LogP contribution >= 0.6 is 11.6 Å². The molecule has 25 heavy (non-hydrogen) atoms. The largest absolute Gasteiger partial charge is 0.369 e. The Kier molecular flexibility index (Phi) is 5.89. The highest BCUT2D eigenvalue weighted by molar-refractivity contribution is 6.30. The van der Waals surface area contributed by atoms with Crippen LogP contribution in [-0.2, 0) is 11.3 Å². The van der Waals surface area contributed by atoms with Gasteiger partial charge in [-0.1, -0.05) is 35.9 Å². The van der Waals surface area contributed by atoms with Gasteiger partial charge in [0.15, 0.2) is 0 Å². The fourth-order valence-corrected chi connectivity index (χ4v) is 3.12. The van der Waals surface area contributed by atoms with Crippen molar-refractivity contribution < 1.29 is 9.18 Å². The molecular weight excluding hydrogens is 341 g/mol. The van der Waals surface area contributed by atoms with E-state index in [1.807, 2.05) is 24.3 Å². The summed E-state index contributed by atoms with van der Waals surface area (Å²) in [7, 11) is 0. The molecule has 1 aliphatic rings. The van der Waals surface area contributed by atoms with Crippen molar-refractivity contribution in [3.05, 3.63) is 64.9 Å². The first kappa shape index (κ1) is 17.7. The van der Waals surface area contributed by atoms with Crippen LogP contribution in [0.2, 0.25) is 5.02 Å². The lowest BCUT2D eigenvalue weighted by Crippen LogP contribution is -2.49. The molecule has 0 radical (unpaired) electrons. The average molecular weight is 362 g/mol. The second-order valence-corrected chi connectivity index (χ2v) is 6.55. The first-order chi connectivity index (χ1) is 12.1. The number of nitrogens with one attached hydrogen (secondary N) is 1.